The van der Waals surface area contributed by atoms with Crippen LogP contribution in [0.4, 0.5) is 13.2 Å². The molecule has 1 N–H and O–H groups in total. The maximum absolute atomic E-state index is 12.0. The molecule has 0 aliphatic carbocycles. The number of hydrogen-bond acceptors (Lipinski definition) is 5. The SMILES string of the molecule is O=C1OCCCC1N1CCN(CCCCCNCC(F)(F)F)CC1. The van der Waals surface area contributed by atoms with Gasteiger partial charge in [0.1, 0.15) is 6.04 Å². The van der Waals surface area contributed by atoms with Crippen LogP contribution in [0.15, 0.2) is 0 Å². The third-order valence-corrected chi connectivity index (χ3v) is 4.64. The number of unbranched alkanes of at least 4 members (excludes halogenated alkanes) is 2. The van der Waals surface area contributed by atoms with Gasteiger partial charge in [-0.3, -0.25) is 9.69 Å². The molecule has 2 fully saturated rings. The maximum atomic E-state index is 12.0. The highest BCUT2D eigenvalue weighted by atomic mass is 19.4. The number of hydrogen-bond donors (Lipinski definition) is 1. The van der Waals surface area contributed by atoms with Crippen LogP contribution in [0.25, 0.3) is 0 Å². The topological polar surface area (TPSA) is 44.8 Å². The highest BCUT2D eigenvalue weighted by molar-refractivity contribution is 5.76. The normalized spacial score (nSPS) is 24.1. The monoisotopic (exact) mass is 351 g/mol. The van der Waals surface area contributed by atoms with E-state index in [1.807, 2.05) is 0 Å². The second-order valence-electron chi connectivity index (χ2n) is 6.56. The zero-order chi connectivity index (χ0) is 17.4. The molecule has 1 atom stereocenters. The van der Waals surface area contributed by atoms with Crippen molar-refractivity contribution in [1.29, 1.82) is 0 Å². The first-order valence-corrected chi connectivity index (χ1v) is 8.86. The molecule has 5 nitrogen and oxygen atoms in total. The van der Waals surface area contributed by atoms with Crippen LogP contribution < -0.4 is 5.32 Å². The predicted molar refractivity (Wildman–Crippen MR) is 84.8 cm³/mol. The minimum absolute atomic E-state index is 0.0689. The van der Waals surface area contributed by atoms with E-state index in [1.165, 1.54) is 0 Å². The lowest BCUT2D eigenvalue weighted by Crippen LogP contribution is -2.54. The smallest absolute Gasteiger partial charge is 0.401 e. The predicted octanol–water partition coefficient (Wildman–Crippen LogP) is 1.63. The Morgan fingerprint density at radius 3 is 2.54 bits per heavy atom. The molecule has 0 saturated carbocycles. The molecule has 2 heterocycles. The molecular formula is C16H28F3N3O2. The van der Waals surface area contributed by atoms with Crippen LogP contribution in [0.3, 0.4) is 0 Å². The fourth-order valence-corrected chi connectivity index (χ4v) is 3.29. The Kier molecular flexibility index (Phi) is 7.77. The number of nitrogens with one attached hydrogen (secondary N) is 1. The van der Waals surface area contributed by atoms with E-state index < -0.39 is 12.7 Å². The van der Waals surface area contributed by atoms with Crippen molar-refractivity contribution >= 4 is 5.97 Å². The van der Waals surface area contributed by atoms with E-state index in [4.69, 9.17) is 4.74 Å². The number of halogens is 3. The fraction of sp³-hybridized carbons (Fsp3) is 0.938. The number of rotatable bonds is 8. The maximum Gasteiger partial charge on any atom is 0.401 e. The van der Waals surface area contributed by atoms with Crippen molar-refractivity contribution in [3.63, 3.8) is 0 Å². The lowest BCUT2D eigenvalue weighted by molar-refractivity contribution is -0.155. The Balaban J connectivity index is 1.50. The first-order valence-electron chi connectivity index (χ1n) is 8.86. The number of cyclic esters (lactones) is 1. The van der Waals surface area contributed by atoms with Gasteiger partial charge in [-0.05, 0) is 38.8 Å². The summed E-state index contributed by atoms with van der Waals surface area (Å²) in [6, 6.07) is -0.0689. The molecule has 24 heavy (non-hydrogen) atoms. The van der Waals surface area contributed by atoms with Crippen molar-refractivity contribution in [3.8, 4) is 0 Å². The molecule has 2 aliphatic heterocycles. The van der Waals surface area contributed by atoms with Crippen LogP contribution >= 0.6 is 0 Å². The van der Waals surface area contributed by atoms with E-state index in [0.29, 0.717) is 13.2 Å². The average Bonchev–Trinajstić information content (AvgIpc) is 2.54. The van der Waals surface area contributed by atoms with E-state index in [9.17, 15) is 18.0 Å². The van der Waals surface area contributed by atoms with Gasteiger partial charge >= 0.3 is 12.1 Å². The van der Waals surface area contributed by atoms with Crippen molar-refractivity contribution in [1.82, 2.24) is 15.1 Å². The summed E-state index contributed by atoms with van der Waals surface area (Å²) < 4.78 is 41.0. The van der Waals surface area contributed by atoms with Crippen molar-refractivity contribution in [2.75, 3.05) is 52.4 Å². The van der Waals surface area contributed by atoms with E-state index >= 15 is 0 Å². The molecule has 0 aromatic heterocycles. The third-order valence-electron chi connectivity index (χ3n) is 4.64. The van der Waals surface area contributed by atoms with Crippen molar-refractivity contribution < 1.29 is 22.7 Å². The van der Waals surface area contributed by atoms with Crippen molar-refractivity contribution in [2.45, 2.75) is 44.3 Å². The molecule has 1 unspecified atom stereocenters. The molecule has 2 aliphatic rings. The first kappa shape index (κ1) is 19.5. The molecule has 0 aromatic rings. The van der Waals surface area contributed by atoms with Gasteiger partial charge in [-0.15, -0.1) is 0 Å². The highest BCUT2D eigenvalue weighted by Gasteiger charge is 2.32. The molecule has 0 radical (unpaired) electrons. The van der Waals surface area contributed by atoms with E-state index in [-0.39, 0.29) is 12.0 Å². The summed E-state index contributed by atoms with van der Waals surface area (Å²) in [7, 11) is 0. The lowest BCUT2D eigenvalue weighted by Gasteiger charge is -2.39. The Labute approximate surface area is 141 Å². The standard InChI is InChI=1S/C16H28F3N3O2/c17-16(18,19)13-20-6-2-1-3-7-21-8-10-22(11-9-21)14-5-4-12-24-15(14)23/h14,20H,1-13H2. The Morgan fingerprint density at radius 2 is 1.88 bits per heavy atom. The van der Waals surface area contributed by atoms with Gasteiger partial charge in [-0.2, -0.15) is 13.2 Å². The van der Waals surface area contributed by atoms with Gasteiger partial charge < -0.3 is 15.0 Å². The van der Waals surface area contributed by atoms with Crippen molar-refractivity contribution in [2.24, 2.45) is 0 Å². The van der Waals surface area contributed by atoms with Crippen LogP contribution in [-0.4, -0.2) is 80.4 Å². The molecule has 140 valence electrons. The number of ether oxygens (including phenoxy) is 1. The second kappa shape index (κ2) is 9.58. The number of esters is 1. The van der Waals surface area contributed by atoms with Gasteiger partial charge in [0.05, 0.1) is 13.2 Å². The van der Waals surface area contributed by atoms with Gasteiger partial charge in [0.25, 0.3) is 0 Å². The number of piperazine rings is 1. The van der Waals surface area contributed by atoms with Gasteiger partial charge in [-0.1, -0.05) is 6.42 Å². The Hall–Kier alpha value is -0.860. The van der Waals surface area contributed by atoms with E-state index in [2.05, 4.69) is 15.1 Å². The molecule has 2 rings (SSSR count). The summed E-state index contributed by atoms with van der Waals surface area (Å²) in [6.07, 6.45) is 0.413. The van der Waals surface area contributed by atoms with Gasteiger partial charge in [0, 0.05) is 26.2 Å². The zero-order valence-electron chi connectivity index (χ0n) is 14.1. The molecule has 8 heteroatoms. The summed E-state index contributed by atoms with van der Waals surface area (Å²) in [5.41, 5.74) is 0. The van der Waals surface area contributed by atoms with Gasteiger partial charge in [-0.25, -0.2) is 0 Å². The molecule has 0 amide bonds. The minimum Gasteiger partial charge on any atom is -0.465 e. The average molecular weight is 351 g/mol. The minimum atomic E-state index is -4.12. The van der Waals surface area contributed by atoms with E-state index in [1.54, 1.807) is 0 Å². The number of nitrogens with zero attached hydrogens (tertiary/aromatic N) is 2. The van der Waals surface area contributed by atoms with Crippen LogP contribution in [-0.2, 0) is 9.53 Å². The summed E-state index contributed by atoms with van der Waals surface area (Å²) >= 11 is 0. The lowest BCUT2D eigenvalue weighted by atomic mass is 10.1. The van der Waals surface area contributed by atoms with Gasteiger partial charge in [0.2, 0.25) is 0 Å². The molecule has 0 aromatic carbocycles. The third kappa shape index (κ3) is 6.94. The van der Waals surface area contributed by atoms with Gasteiger partial charge in [0.15, 0.2) is 0 Å². The van der Waals surface area contributed by atoms with Crippen LogP contribution in [0.2, 0.25) is 0 Å². The highest BCUT2D eigenvalue weighted by Crippen LogP contribution is 2.17. The van der Waals surface area contributed by atoms with Crippen LogP contribution in [0.5, 0.6) is 0 Å². The largest absolute Gasteiger partial charge is 0.465 e. The quantitative estimate of drug-likeness (QED) is 0.532. The molecule has 2 saturated heterocycles. The van der Waals surface area contributed by atoms with Crippen LogP contribution in [0, 0.1) is 0 Å². The van der Waals surface area contributed by atoms with Crippen molar-refractivity contribution in [3.05, 3.63) is 0 Å². The molecule has 0 bridgehead atoms. The number of carbonyl (C=O) groups is 1. The fourth-order valence-electron chi connectivity index (χ4n) is 3.29. The second-order valence-corrected chi connectivity index (χ2v) is 6.56. The Bertz CT molecular complexity index is 385. The summed E-state index contributed by atoms with van der Waals surface area (Å²) in [5.74, 6) is -0.0824. The first-order chi connectivity index (χ1) is 11.5. The Morgan fingerprint density at radius 1 is 1.12 bits per heavy atom. The summed E-state index contributed by atoms with van der Waals surface area (Å²) in [4.78, 5) is 16.4. The molecular weight excluding hydrogens is 323 g/mol. The number of alkyl halides is 3. The summed E-state index contributed by atoms with van der Waals surface area (Å²) in [5, 5.41) is 2.42. The van der Waals surface area contributed by atoms with E-state index in [0.717, 1.165) is 64.8 Å². The van der Waals surface area contributed by atoms with Crippen LogP contribution in [0.1, 0.15) is 32.1 Å². The zero-order valence-corrected chi connectivity index (χ0v) is 14.1. The summed E-state index contributed by atoms with van der Waals surface area (Å²) in [6.45, 7) is 4.68. The molecule has 0 spiro atoms. The number of carbonyl (C=O) groups excluding carboxylic acids is 1.